The summed E-state index contributed by atoms with van der Waals surface area (Å²) in [5, 5.41) is 9.65. The zero-order chi connectivity index (χ0) is 12.6. The number of hydrogen-bond acceptors (Lipinski definition) is 2. The first-order valence-corrected chi connectivity index (χ1v) is 6.83. The number of fused-ring (bicyclic) bond motifs is 2. The van der Waals surface area contributed by atoms with Crippen LogP contribution in [0, 0.1) is 17.3 Å². The van der Waals surface area contributed by atoms with Crippen LogP contribution in [0.2, 0.25) is 0 Å². The zero-order valence-corrected chi connectivity index (χ0v) is 10.5. The molecule has 96 valence electrons. The molecular weight excluding hydrogens is 226 g/mol. The van der Waals surface area contributed by atoms with Gasteiger partial charge in [-0.15, -0.1) is 0 Å². The van der Waals surface area contributed by atoms with E-state index < -0.39 is 11.4 Å². The van der Waals surface area contributed by atoms with Crippen molar-refractivity contribution in [3.63, 3.8) is 0 Å². The average Bonchev–Trinajstić information content (AvgIpc) is 2.98. The standard InChI is InChI=1S/C15H19NO2/c17-14(18)15(9-12-3-4-13(15)8-12)6-5-11-2-1-7-16-10-11/h1-2,7,10,12-13H,3-6,8-9H2,(H,17,18). The van der Waals surface area contributed by atoms with Crippen molar-refractivity contribution >= 4 is 5.97 Å². The van der Waals surface area contributed by atoms with Gasteiger partial charge in [0.05, 0.1) is 5.41 Å². The molecule has 3 nitrogen and oxygen atoms in total. The summed E-state index contributed by atoms with van der Waals surface area (Å²) in [6, 6.07) is 3.96. The highest BCUT2D eigenvalue weighted by molar-refractivity contribution is 5.76. The molecule has 2 saturated carbocycles. The Bertz CT molecular complexity index is 445. The third-order valence-electron chi connectivity index (χ3n) is 4.98. The van der Waals surface area contributed by atoms with Gasteiger partial charge in [0, 0.05) is 12.4 Å². The van der Waals surface area contributed by atoms with Crippen LogP contribution in [0.3, 0.4) is 0 Å². The number of aliphatic carboxylic acids is 1. The summed E-state index contributed by atoms with van der Waals surface area (Å²) in [5.74, 6) is 0.510. The maximum Gasteiger partial charge on any atom is 0.309 e. The first-order valence-electron chi connectivity index (χ1n) is 6.83. The Labute approximate surface area is 107 Å². The van der Waals surface area contributed by atoms with Gasteiger partial charge in [0.15, 0.2) is 0 Å². The van der Waals surface area contributed by atoms with E-state index in [1.807, 2.05) is 18.3 Å². The summed E-state index contributed by atoms with van der Waals surface area (Å²) < 4.78 is 0. The molecule has 2 aliphatic rings. The molecule has 2 aliphatic carbocycles. The highest BCUT2D eigenvalue weighted by Gasteiger charge is 2.55. The van der Waals surface area contributed by atoms with Crippen molar-refractivity contribution < 1.29 is 9.90 Å². The monoisotopic (exact) mass is 245 g/mol. The molecule has 3 atom stereocenters. The minimum Gasteiger partial charge on any atom is -0.481 e. The fraction of sp³-hybridized carbons (Fsp3) is 0.600. The van der Waals surface area contributed by atoms with Crippen molar-refractivity contribution in [2.75, 3.05) is 0 Å². The Morgan fingerprint density at radius 3 is 2.94 bits per heavy atom. The zero-order valence-electron chi connectivity index (χ0n) is 10.5. The number of aryl methyl sites for hydroxylation is 1. The topological polar surface area (TPSA) is 50.2 Å². The lowest BCUT2D eigenvalue weighted by molar-refractivity contribution is -0.153. The summed E-state index contributed by atoms with van der Waals surface area (Å²) >= 11 is 0. The molecule has 3 rings (SSSR count). The number of pyridine rings is 1. The number of carboxylic acids is 1. The van der Waals surface area contributed by atoms with Crippen molar-refractivity contribution in [3.05, 3.63) is 30.1 Å². The van der Waals surface area contributed by atoms with Crippen LogP contribution in [0.15, 0.2) is 24.5 Å². The smallest absolute Gasteiger partial charge is 0.309 e. The van der Waals surface area contributed by atoms with E-state index in [1.165, 1.54) is 6.42 Å². The van der Waals surface area contributed by atoms with E-state index in [-0.39, 0.29) is 0 Å². The number of hydrogen-bond donors (Lipinski definition) is 1. The van der Waals surface area contributed by atoms with Crippen LogP contribution in [0.5, 0.6) is 0 Å². The minimum absolute atomic E-state index is 0.414. The van der Waals surface area contributed by atoms with Crippen molar-refractivity contribution in [3.8, 4) is 0 Å². The molecule has 0 aliphatic heterocycles. The van der Waals surface area contributed by atoms with E-state index in [4.69, 9.17) is 0 Å². The molecule has 1 aromatic rings. The maximum absolute atomic E-state index is 11.7. The number of rotatable bonds is 4. The van der Waals surface area contributed by atoms with Gasteiger partial charge in [-0.05, 0) is 55.6 Å². The molecule has 1 aromatic heterocycles. The second-order valence-corrected chi connectivity index (χ2v) is 5.90. The van der Waals surface area contributed by atoms with Gasteiger partial charge >= 0.3 is 5.97 Å². The van der Waals surface area contributed by atoms with Crippen LogP contribution >= 0.6 is 0 Å². The van der Waals surface area contributed by atoms with Gasteiger partial charge in [0.25, 0.3) is 0 Å². The first kappa shape index (κ1) is 11.7. The summed E-state index contributed by atoms with van der Waals surface area (Å²) in [7, 11) is 0. The lowest BCUT2D eigenvalue weighted by atomic mass is 9.70. The van der Waals surface area contributed by atoms with Gasteiger partial charge < -0.3 is 5.11 Å². The Kier molecular flexibility index (Phi) is 2.84. The van der Waals surface area contributed by atoms with E-state index in [9.17, 15) is 9.90 Å². The van der Waals surface area contributed by atoms with Crippen molar-refractivity contribution in [1.82, 2.24) is 4.98 Å². The third-order valence-corrected chi connectivity index (χ3v) is 4.98. The molecule has 1 N–H and O–H groups in total. The molecule has 0 amide bonds. The van der Waals surface area contributed by atoms with Crippen molar-refractivity contribution in [2.24, 2.45) is 17.3 Å². The molecule has 0 aromatic carbocycles. The summed E-state index contributed by atoms with van der Waals surface area (Å²) in [5.41, 5.74) is 0.708. The average molecular weight is 245 g/mol. The van der Waals surface area contributed by atoms with Crippen LogP contribution in [0.1, 0.15) is 37.7 Å². The third kappa shape index (κ3) is 1.82. The number of carbonyl (C=O) groups is 1. The predicted molar refractivity (Wildman–Crippen MR) is 68.1 cm³/mol. The molecule has 18 heavy (non-hydrogen) atoms. The van der Waals surface area contributed by atoms with Crippen molar-refractivity contribution in [1.29, 1.82) is 0 Å². The van der Waals surface area contributed by atoms with E-state index in [2.05, 4.69) is 4.98 Å². The summed E-state index contributed by atoms with van der Waals surface area (Å²) in [6.45, 7) is 0. The van der Waals surface area contributed by atoms with Crippen LogP contribution in [-0.2, 0) is 11.2 Å². The van der Waals surface area contributed by atoms with E-state index in [0.29, 0.717) is 11.8 Å². The fourth-order valence-corrected chi connectivity index (χ4v) is 4.03. The van der Waals surface area contributed by atoms with Gasteiger partial charge in [0.2, 0.25) is 0 Å². The van der Waals surface area contributed by atoms with Gasteiger partial charge in [-0.2, -0.15) is 0 Å². The van der Waals surface area contributed by atoms with Crippen LogP contribution < -0.4 is 0 Å². The van der Waals surface area contributed by atoms with Crippen LogP contribution in [0.25, 0.3) is 0 Å². The van der Waals surface area contributed by atoms with Gasteiger partial charge in [0.1, 0.15) is 0 Å². The Balaban J connectivity index is 1.74. The van der Waals surface area contributed by atoms with Gasteiger partial charge in [-0.25, -0.2) is 0 Å². The van der Waals surface area contributed by atoms with E-state index in [0.717, 1.165) is 37.7 Å². The quantitative estimate of drug-likeness (QED) is 0.887. The molecule has 0 spiro atoms. The number of carboxylic acid groups (broad SMARTS) is 1. The highest BCUT2D eigenvalue weighted by atomic mass is 16.4. The minimum atomic E-state index is -0.571. The molecule has 2 bridgehead atoms. The molecule has 1 heterocycles. The number of aromatic nitrogens is 1. The Morgan fingerprint density at radius 2 is 2.39 bits per heavy atom. The van der Waals surface area contributed by atoms with Gasteiger partial charge in [-0.3, -0.25) is 9.78 Å². The molecular formula is C15H19NO2. The number of nitrogens with zero attached hydrogens (tertiary/aromatic N) is 1. The van der Waals surface area contributed by atoms with E-state index in [1.54, 1.807) is 6.20 Å². The SMILES string of the molecule is O=C(O)C1(CCc2cccnc2)CC2CCC1C2. The highest BCUT2D eigenvalue weighted by Crippen LogP contribution is 2.58. The Morgan fingerprint density at radius 1 is 1.50 bits per heavy atom. The fourth-order valence-electron chi connectivity index (χ4n) is 4.03. The summed E-state index contributed by atoms with van der Waals surface area (Å²) in [4.78, 5) is 15.8. The molecule has 2 fully saturated rings. The van der Waals surface area contributed by atoms with Gasteiger partial charge in [-0.1, -0.05) is 12.5 Å². The lowest BCUT2D eigenvalue weighted by Gasteiger charge is -2.33. The first-order chi connectivity index (χ1) is 8.71. The summed E-state index contributed by atoms with van der Waals surface area (Å²) in [6.07, 6.45) is 9.61. The second kappa shape index (κ2) is 4.38. The van der Waals surface area contributed by atoms with E-state index >= 15 is 0 Å². The van der Waals surface area contributed by atoms with Crippen LogP contribution in [-0.4, -0.2) is 16.1 Å². The second-order valence-electron chi connectivity index (χ2n) is 5.90. The molecule has 0 radical (unpaired) electrons. The van der Waals surface area contributed by atoms with Crippen molar-refractivity contribution in [2.45, 2.75) is 38.5 Å². The predicted octanol–water partition coefficient (Wildman–Crippen LogP) is 2.91. The lowest BCUT2D eigenvalue weighted by Crippen LogP contribution is -2.37. The largest absolute Gasteiger partial charge is 0.481 e. The molecule has 3 heteroatoms. The molecule has 0 saturated heterocycles. The maximum atomic E-state index is 11.7. The Hall–Kier alpha value is -1.38. The normalized spacial score (nSPS) is 33.8. The molecule has 3 unspecified atom stereocenters. The van der Waals surface area contributed by atoms with Crippen LogP contribution in [0.4, 0.5) is 0 Å².